The Balaban J connectivity index is 1.88. The van der Waals surface area contributed by atoms with Crippen molar-refractivity contribution in [2.24, 2.45) is 5.10 Å². The fourth-order valence-corrected chi connectivity index (χ4v) is 2.76. The van der Waals surface area contributed by atoms with Gasteiger partial charge in [-0.25, -0.2) is 15.4 Å². The third-order valence-corrected chi connectivity index (χ3v) is 3.88. The van der Waals surface area contributed by atoms with Crippen molar-refractivity contribution < 1.29 is 13.2 Å². The number of hydrogen-bond acceptors (Lipinski definition) is 4. The van der Waals surface area contributed by atoms with Crippen LogP contribution in [0.1, 0.15) is 41.8 Å². The van der Waals surface area contributed by atoms with Crippen molar-refractivity contribution in [3.8, 4) is 0 Å². The maximum absolute atomic E-state index is 13.3. The summed E-state index contributed by atoms with van der Waals surface area (Å²) >= 11 is 0. The van der Waals surface area contributed by atoms with Gasteiger partial charge in [0.15, 0.2) is 5.69 Å². The van der Waals surface area contributed by atoms with Gasteiger partial charge >= 0.3 is 6.18 Å². The standard InChI is InChI=1S/C17H17F3N4/c18-17(19,20)15-13-9-5-2-6-10-14(13)22-16(23-15)24-21-11-12-7-3-1-4-8-12/h1,3-4,7-8,11H,2,5-6,9-10H2,(H,22,23,24)/b21-11+. The van der Waals surface area contributed by atoms with Crippen LogP contribution in [-0.4, -0.2) is 16.2 Å². The van der Waals surface area contributed by atoms with Crippen LogP contribution in [-0.2, 0) is 19.0 Å². The van der Waals surface area contributed by atoms with Crippen molar-refractivity contribution in [3.05, 3.63) is 52.8 Å². The van der Waals surface area contributed by atoms with Gasteiger partial charge in [-0.3, -0.25) is 0 Å². The van der Waals surface area contributed by atoms with Gasteiger partial charge in [-0.05, 0) is 31.2 Å². The van der Waals surface area contributed by atoms with E-state index in [2.05, 4.69) is 20.5 Å². The lowest BCUT2D eigenvalue weighted by molar-refractivity contribution is -0.141. The Morgan fingerprint density at radius 3 is 2.50 bits per heavy atom. The molecule has 0 bridgehead atoms. The Labute approximate surface area is 137 Å². The number of nitrogens with zero attached hydrogens (tertiary/aromatic N) is 3. The summed E-state index contributed by atoms with van der Waals surface area (Å²) in [5, 5.41) is 3.94. The number of aromatic nitrogens is 2. The maximum Gasteiger partial charge on any atom is 0.433 e. The van der Waals surface area contributed by atoms with Crippen LogP contribution in [0.15, 0.2) is 35.4 Å². The molecule has 0 fully saturated rings. The first-order valence-electron chi connectivity index (χ1n) is 7.85. The molecule has 1 heterocycles. The summed E-state index contributed by atoms with van der Waals surface area (Å²) in [6.07, 6.45) is 0.421. The molecule has 0 saturated carbocycles. The van der Waals surface area contributed by atoms with Gasteiger partial charge in [0, 0.05) is 11.3 Å². The highest BCUT2D eigenvalue weighted by Crippen LogP contribution is 2.34. The lowest BCUT2D eigenvalue weighted by Crippen LogP contribution is -2.17. The number of hydrogen-bond donors (Lipinski definition) is 1. The van der Waals surface area contributed by atoms with Gasteiger partial charge in [0.25, 0.3) is 0 Å². The number of halogens is 3. The van der Waals surface area contributed by atoms with Crippen LogP contribution in [0.3, 0.4) is 0 Å². The van der Waals surface area contributed by atoms with Crippen LogP contribution < -0.4 is 5.43 Å². The summed E-state index contributed by atoms with van der Waals surface area (Å²) in [5.41, 5.74) is 3.22. The molecule has 0 spiro atoms. The molecule has 1 aliphatic carbocycles. The highest BCUT2D eigenvalue weighted by Gasteiger charge is 2.37. The molecular formula is C17H17F3N4. The highest BCUT2D eigenvalue weighted by molar-refractivity contribution is 5.79. The topological polar surface area (TPSA) is 50.2 Å². The Kier molecular flexibility index (Phi) is 4.78. The summed E-state index contributed by atoms with van der Waals surface area (Å²) in [6.45, 7) is 0. The molecule has 2 aromatic rings. The van der Waals surface area contributed by atoms with Crippen LogP contribution in [0.5, 0.6) is 0 Å². The number of hydrazone groups is 1. The molecule has 0 amide bonds. The van der Waals surface area contributed by atoms with E-state index in [-0.39, 0.29) is 11.5 Å². The summed E-state index contributed by atoms with van der Waals surface area (Å²) in [5.74, 6) is -0.116. The lowest BCUT2D eigenvalue weighted by atomic mass is 10.1. The lowest BCUT2D eigenvalue weighted by Gasteiger charge is -2.15. The van der Waals surface area contributed by atoms with Gasteiger partial charge in [-0.1, -0.05) is 36.8 Å². The second kappa shape index (κ2) is 6.98. The minimum atomic E-state index is -4.49. The highest BCUT2D eigenvalue weighted by atomic mass is 19.4. The molecule has 0 atom stereocenters. The van der Waals surface area contributed by atoms with E-state index in [1.165, 1.54) is 6.21 Å². The van der Waals surface area contributed by atoms with Crippen LogP contribution in [0.2, 0.25) is 0 Å². The first-order chi connectivity index (χ1) is 11.5. The Morgan fingerprint density at radius 2 is 1.75 bits per heavy atom. The summed E-state index contributed by atoms with van der Waals surface area (Å²) in [6, 6.07) is 9.24. The SMILES string of the molecule is FC(F)(F)c1nc(N/N=C/c2ccccc2)nc2c1CCCCC2. The second-order valence-corrected chi connectivity index (χ2v) is 5.66. The molecule has 7 heteroatoms. The van der Waals surface area contributed by atoms with Gasteiger partial charge in [-0.2, -0.15) is 18.3 Å². The largest absolute Gasteiger partial charge is 0.433 e. The predicted molar refractivity (Wildman–Crippen MR) is 86.0 cm³/mol. The van der Waals surface area contributed by atoms with E-state index in [0.29, 0.717) is 18.5 Å². The third-order valence-electron chi connectivity index (χ3n) is 3.88. The van der Waals surface area contributed by atoms with Crippen LogP contribution in [0.25, 0.3) is 0 Å². The molecule has 0 radical (unpaired) electrons. The summed E-state index contributed by atoms with van der Waals surface area (Å²) in [4.78, 5) is 7.91. The molecule has 0 saturated heterocycles. The minimum absolute atomic E-state index is 0.116. The van der Waals surface area contributed by atoms with E-state index in [1.54, 1.807) is 0 Å². The van der Waals surface area contributed by atoms with E-state index in [1.807, 2.05) is 30.3 Å². The number of rotatable bonds is 3. The maximum atomic E-state index is 13.3. The first-order valence-corrected chi connectivity index (χ1v) is 7.85. The number of fused-ring (bicyclic) bond motifs is 1. The number of benzene rings is 1. The Hall–Kier alpha value is -2.44. The molecule has 0 unspecified atom stereocenters. The molecule has 0 aliphatic heterocycles. The van der Waals surface area contributed by atoms with Crippen molar-refractivity contribution in [3.63, 3.8) is 0 Å². The predicted octanol–water partition coefficient (Wildman–Crippen LogP) is 4.21. The van der Waals surface area contributed by atoms with Gasteiger partial charge in [0.1, 0.15) is 0 Å². The Morgan fingerprint density at radius 1 is 1.00 bits per heavy atom. The van der Waals surface area contributed by atoms with Gasteiger partial charge in [0.05, 0.1) is 6.21 Å². The zero-order valence-electron chi connectivity index (χ0n) is 13.0. The van der Waals surface area contributed by atoms with E-state index in [4.69, 9.17) is 0 Å². The first kappa shape index (κ1) is 16.4. The fourth-order valence-electron chi connectivity index (χ4n) is 2.76. The van der Waals surface area contributed by atoms with Crippen molar-refractivity contribution in [1.29, 1.82) is 0 Å². The average Bonchev–Trinajstić information content (AvgIpc) is 2.79. The van der Waals surface area contributed by atoms with Crippen molar-refractivity contribution in [2.75, 3.05) is 5.43 Å². The smallest absolute Gasteiger partial charge is 0.245 e. The minimum Gasteiger partial charge on any atom is -0.245 e. The van der Waals surface area contributed by atoms with E-state index >= 15 is 0 Å². The van der Waals surface area contributed by atoms with Gasteiger partial charge in [0.2, 0.25) is 5.95 Å². The monoisotopic (exact) mass is 334 g/mol. The van der Waals surface area contributed by atoms with Crippen molar-refractivity contribution >= 4 is 12.2 Å². The molecule has 1 N–H and O–H groups in total. The summed E-state index contributed by atoms with van der Waals surface area (Å²) in [7, 11) is 0. The fraction of sp³-hybridized carbons (Fsp3) is 0.353. The quantitative estimate of drug-likeness (QED) is 0.520. The average molecular weight is 334 g/mol. The van der Waals surface area contributed by atoms with Crippen molar-refractivity contribution in [2.45, 2.75) is 38.3 Å². The second-order valence-electron chi connectivity index (χ2n) is 5.66. The van der Waals surface area contributed by atoms with Crippen LogP contribution in [0, 0.1) is 0 Å². The zero-order valence-corrected chi connectivity index (χ0v) is 13.0. The van der Waals surface area contributed by atoms with Gasteiger partial charge in [-0.15, -0.1) is 0 Å². The molecule has 1 aromatic heterocycles. The number of nitrogens with one attached hydrogen (secondary N) is 1. The molecule has 24 heavy (non-hydrogen) atoms. The van der Waals surface area contributed by atoms with E-state index < -0.39 is 11.9 Å². The van der Waals surface area contributed by atoms with Gasteiger partial charge < -0.3 is 0 Å². The van der Waals surface area contributed by atoms with Crippen LogP contribution in [0.4, 0.5) is 19.1 Å². The molecule has 4 nitrogen and oxygen atoms in total. The summed E-state index contributed by atoms with van der Waals surface area (Å²) < 4.78 is 40.0. The molecule has 1 aromatic carbocycles. The van der Waals surface area contributed by atoms with Crippen LogP contribution >= 0.6 is 0 Å². The van der Waals surface area contributed by atoms with E-state index in [0.717, 1.165) is 24.8 Å². The molecular weight excluding hydrogens is 317 g/mol. The Bertz CT molecular complexity index is 727. The number of anilines is 1. The zero-order chi connectivity index (χ0) is 17.0. The normalized spacial score (nSPS) is 15.1. The number of alkyl halides is 3. The molecule has 3 rings (SSSR count). The molecule has 1 aliphatic rings. The van der Waals surface area contributed by atoms with Crippen molar-refractivity contribution in [1.82, 2.24) is 9.97 Å². The third kappa shape index (κ3) is 3.90. The van der Waals surface area contributed by atoms with E-state index in [9.17, 15) is 13.2 Å². The number of aryl methyl sites for hydroxylation is 1. The molecule has 126 valence electrons.